The fourth-order valence-corrected chi connectivity index (χ4v) is 4.02. The minimum Gasteiger partial charge on any atom is -0.371 e. The Hall–Kier alpha value is -2.34. The van der Waals surface area contributed by atoms with E-state index in [2.05, 4.69) is 15.5 Å². The summed E-state index contributed by atoms with van der Waals surface area (Å²) in [6, 6.07) is 9.56. The van der Waals surface area contributed by atoms with Gasteiger partial charge in [-0.25, -0.2) is 0 Å². The summed E-state index contributed by atoms with van der Waals surface area (Å²) >= 11 is 1.57. The Balaban J connectivity index is 1.78. The number of piperidine rings is 1. The third-order valence-corrected chi connectivity index (χ3v) is 5.55. The normalized spacial score (nSPS) is 14.0. The second-order valence-corrected chi connectivity index (χ2v) is 7.87. The molecule has 0 aliphatic carbocycles. The molecule has 5 nitrogen and oxygen atoms in total. The van der Waals surface area contributed by atoms with Gasteiger partial charge in [0.25, 0.3) is 5.91 Å². The quantitative estimate of drug-likeness (QED) is 0.756. The van der Waals surface area contributed by atoms with Crippen LogP contribution >= 0.6 is 11.3 Å². The highest BCUT2D eigenvalue weighted by Gasteiger charge is 2.19. The van der Waals surface area contributed by atoms with E-state index >= 15 is 0 Å². The number of hydrogen-bond acceptors (Lipinski definition) is 4. The second-order valence-electron chi connectivity index (χ2n) is 6.84. The third-order valence-electron chi connectivity index (χ3n) is 4.67. The fraction of sp³-hybridized carbons (Fsp3) is 0.429. The zero-order valence-electron chi connectivity index (χ0n) is 15.8. The summed E-state index contributed by atoms with van der Waals surface area (Å²) in [5.41, 5.74) is 2.26. The highest BCUT2D eigenvalue weighted by Crippen LogP contribution is 2.27. The molecule has 0 bridgehead atoms. The molecule has 144 valence electrons. The molecule has 1 aromatic carbocycles. The van der Waals surface area contributed by atoms with E-state index in [1.54, 1.807) is 17.4 Å². The Kier molecular flexibility index (Phi) is 6.87. The molecule has 2 amide bonds. The summed E-state index contributed by atoms with van der Waals surface area (Å²) in [4.78, 5) is 28.3. The maximum absolute atomic E-state index is 12.7. The molecule has 0 saturated carbocycles. The molecule has 1 saturated heterocycles. The van der Waals surface area contributed by atoms with Crippen LogP contribution in [0.25, 0.3) is 0 Å². The van der Waals surface area contributed by atoms with E-state index in [4.69, 9.17) is 0 Å². The molecule has 6 heteroatoms. The van der Waals surface area contributed by atoms with E-state index in [1.807, 2.05) is 36.6 Å². The Bertz CT molecular complexity index is 768. The first-order valence-electron chi connectivity index (χ1n) is 9.67. The third kappa shape index (κ3) is 5.32. The predicted molar refractivity (Wildman–Crippen MR) is 112 cm³/mol. The van der Waals surface area contributed by atoms with Crippen molar-refractivity contribution in [2.75, 3.05) is 29.9 Å². The van der Waals surface area contributed by atoms with Gasteiger partial charge in [-0.1, -0.05) is 13.0 Å². The second kappa shape index (κ2) is 9.55. The molecular formula is C21H27N3O2S. The lowest BCUT2D eigenvalue weighted by atomic mass is 10.1. The van der Waals surface area contributed by atoms with Gasteiger partial charge in [0.15, 0.2) is 0 Å². The Morgan fingerprint density at radius 3 is 2.67 bits per heavy atom. The van der Waals surface area contributed by atoms with Gasteiger partial charge in [-0.15, -0.1) is 11.3 Å². The van der Waals surface area contributed by atoms with Gasteiger partial charge in [-0.2, -0.15) is 0 Å². The topological polar surface area (TPSA) is 61.4 Å². The molecular weight excluding hydrogens is 358 g/mol. The molecule has 0 unspecified atom stereocenters. The van der Waals surface area contributed by atoms with Gasteiger partial charge < -0.3 is 15.5 Å². The van der Waals surface area contributed by atoms with Gasteiger partial charge in [0.2, 0.25) is 5.91 Å². The predicted octanol–water partition coefficient (Wildman–Crippen LogP) is 4.06. The van der Waals surface area contributed by atoms with Crippen molar-refractivity contribution >= 4 is 34.5 Å². The van der Waals surface area contributed by atoms with Crippen molar-refractivity contribution in [1.82, 2.24) is 5.32 Å². The van der Waals surface area contributed by atoms with E-state index in [0.717, 1.165) is 42.9 Å². The lowest BCUT2D eigenvalue weighted by Crippen LogP contribution is -2.33. The van der Waals surface area contributed by atoms with E-state index in [0.29, 0.717) is 24.2 Å². The highest BCUT2D eigenvalue weighted by molar-refractivity contribution is 7.10. The molecule has 0 atom stereocenters. The Morgan fingerprint density at radius 2 is 1.96 bits per heavy atom. The standard InChI is InChI=1S/C21H27N3O2S/c1-2-10-22-21(26)18-14-16(23-20(25)15-17-7-6-13-27-17)8-9-19(18)24-11-4-3-5-12-24/h6-9,13-14H,2-5,10-12,15H2,1H3,(H,22,26)(H,23,25). The first-order chi connectivity index (χ1) is 13.2. The summed E-state index contributed by atoms with van der Waals surface area (Å²) in [5, 5.41) is 7.86. The summed E-state index contributed by atoms with van der Waals surface area (Å²) in [6.45, 7) is 4.62. The molecule has 3 rings (SSSR count). The highest BCUT2D eigenvalue weighted by atomic mass is 32.1. The molecule has 1 aliphatic heterocycles. The lowest BCUT2D eigenvalue weighted by molar-refractivity contribution is -0.115. The van der Waals surface area contributed by atoms with Crippen LogP contribution in [0.5, 0.6) is 0 Å². The van der Waals surface area contributed by atoms with Gasteiger partial charge in [0.1, 0.15) is 0 Å². The average molecular weight is 386 g/mol. The van der Waals surface area contributed by atoms with Gasteiger partial charge in [-0.3, -0.25) is 9.59 Å². The molecule has 2 N–H and O–H groups in total. The van der Waals surface area contributed by atoms with Crippen LogP contribution in [0.2, 0.25) is 0 Å². The van der Waals surface area contributed by atoms with Crippen molar-refractivity contribution in [3.8, 4) is 0 Å². The molecule has 1 fully saturated rings. The molecule has 1 aromatic heterocycles. The Labute approximate surface area is 164 Å². The van der Waals surface area contributed by atoms with Crippen molar-refractivity contribution in [3.63, 3.8) is 0 Å². The summed E-state index contributed by atoms with van der Waals surface area (Å²) < 4.78 is 0. The SMILES string of the molecule is CCCNC(=O)c1cc(NC(=O)Cc2cccs2)ccc1N1CCCCC1. The van der Waals surface area contributed by atoms with Crippen molar-refractivity contribution in [2.24, 2.45) is 0 Å². The summed E-state index contributed by atoms with van der Waals surface area (Å²) in [6.07, 6.45) is 4.78. The zero-order valence-corrected chi connectivity index (χ0v) is 16.6. The van der Waals surface area contributed by atoms with Crippen LogP contribution in [0.4, 0.5) is 11.4 Å². The van der Waals surface area contributed by atoms with Crippen LogP contribution in [-0.2, 0) is 11.2 Å². The molecule has 2 heterocycles. The molecule has 0 spiro atoms. The van der Waals surface area contributed by atoms with Crippen LogP contribution in [0, 0.1) is 0 Å². The van der Waals surface area contributed by atoms with Crippen molar-refractivity contribution in [2.45, 2.75) is 39.0 Å². The number of hydrogen-bond donors (Lipinski definition) is 2. The number of carbonyl (C=O) groups excluding carboxylic acids is 2. The van der Waals surface area contributed by atoms with Crippen LogP contribution in [0.1, 0.15) is 47.8 Å². The van der Waals surface area contributed by atoms with Gasteiger partial charge >= 0.3 is 0 Å². The summed E-state index contributed by atoms with van der Waals surface area (Å²) in [5.74, 6) is -0.144. The van der Waals surface area contributed by atoms with Crippen molar-refractivity contribution in [3.05, 3.63) is 46.2 Å². The number of nitrogens with zero attached hydrogens (tertiary/aromatic N) is 1. The fourth-order valence-electron chi connectivity index (χ4n) is 3.32. The first kappa shape index (κ1) is 19.4. The minimum absolute atomic E-state index is 0.0666. The molecule has 27 heavy (non-hydrogen) atoms. The van der Waals surface area contributed by atoms with Crippen LogP contribution in [-0.4, -0.2) is 31.4 Å². The first-order valence-corrected chi connectivity index (χ1v) is 10.5. The van der Waals surface area contributed by atoms with Crippen molar-refractivity contribution < 1.29 is 9.59 Å². The van der Waals surface area contributed by atoms with Crippen LogP contribution in [0.3, 0.4) is 0 Å². The molecule has 1 aliphatic rings. The largest absolute Gasteiger partial charge is 0.371 e. The van der Waals surface area contributed by atoms with Crippen LogP contribution < -0.4 is 15.5 Å². The van der Waals surface area contributed by atoms with E-state index in [-0.39, 0.29) is 11.8 Å². The van der Waals surface area contributed by atoms with Crippen molar-refractivity contribution in [1.29, 1.82) is 0 Å². The molecule has 2 aromatic rings. The van der Waals surface area contributed by atoms with Gasteiger partial charge in [-0.05, 0) is 55.3 Å². The number of rotatable bonds is 7. The molecule has 0 radical (unpaired) electrons. The minimum atomic E-state index is -0.0771. The monoisotopic (exact) mass is 385 g/mol. The maximum atomic E-state index is 12.7. The number of amides is 2. The number of nitrogens with one attached hydrogen (secondary N) is 2. The van der Waals surface area contributed by atoms with Gasteiger partial charge in [0, 0.05) is 35.9 Å². The average Bonchev–Trinajstić information content (AvgIpc) is 3.19. The maximum Gasteiger partial charge on any atom is 0.253 e. The van der Waals surface area contributed by atoms with Crippen LogP contribution in [0.15, 0.2) is 35.7 Å². The van der Waals surface area contributed by atoms with E-state index < -0.39 is 0 Å². The number of benzene rings is 1. The van der Waals surface area contributed by atoms with E-state index in [9.17, 15) is 9.59 Å². The van der Waals surface area contributed by atoms with E-state index in [1.165, 1.54) is 6.42 Å². The number of thiophene rings is 1. The number of anilines is 2. The zero-order chi connectivity index (χ0) is 19.1. The Morgan fingerprint density at radius 1 is 1.15 bits per heavy atom. The summed E-state index contributed by atoms with van der Waals surface area (Å²) in [7, 11) is 0. The smallest absolute Gasteiger partial charge is 0.253 e. The van der Waals surface area contributed by atoms with Gasteiger partial charge in [0.05, 0.1) is 12.0 Å². The lowest BCUT2D eigenvalue weighted by Gasteiger charge is -2.30. The number of carbonyl (C=O) groups is 2.